The van der Waals surface area contributed by atoms with Gasteiger partial charge in [-0.25, -0.2) is 0 Å². The Balaban J connectivity index is 1.63. The largest absolute Gasteiger partial charge is 0.378 e. The molecule has 12 heavy (non-hydrogen) atoms. The lowest BCUT2D eigenvalue weighted by Crippen LogP contribution is -2.65. The van der Waals surface area contributed by atoms with Gasteiger partial charge in [0.2, 0.25) is 0 Å². The predicted molar refractivity (Wildman–Crippen MR) is 45.9 cm³/mol. The molecule has 3 N–H and O–H groups in total. The number of ether oxygens (including phenoxy) is 1. The summed E-state index contributed by atoms with van der Waals surface area (Å²) in [7, 11) is 0. The molecule has 0 radical (unpaired) electrons. The second-order valence-electron chi connectivity index (χ2n) is 4.87. The van der Waals surface area contributed by atoms with Crippen molar-refractivity contribution >= 4 is 0 Å². The van der Waals surface area contributed by atoms with Crippen molar-refractivity contribution in [1.29, 1.82) is 0 Å². The number of hydrogen-bond donors (Lipinski definition) is 2. The molecular weight excluding hydrogens is 152 g/mol. The minimum atomic E-state index is 0.206. The zero-order valence-electron chi connectivity index (χ0n) is 7.31. The number of nitrogens with one attached hydrogen (secondary N) is 1. The van der Waals surface area contributed by atoms with Crippen LogP contribution in [-0.4, -0.2) is 30.3 Å². The first-order valence-corrected chi connectivity index (χ1v) is 4.84. The van der Waals surface area contributed by atoms with E-state index in [9.17, 15) is 0 Å². The number of hydrogen-bond acceptors (Lipinski definition) is 3. The van der Waals surface area contributed by atoms with Crippen molar-refractivity contribution in [2.45, 2.75) is 42.8 Å². The highest BCUT2D eigenvalue weighted by molar-refractivity contribution is 5.20. The monoisotopic (exact) mass is 168 g/mol. The first-order valence-electron chi connectivity index (χ1n) is 4.84. The summed E-state index contributed by atoms with van der Waals surface area (Å²) in [5.41, 5.74) is 6.72. The fraction of sp³-hybridized carbons (Fsp3) is 1.00. The molecule has 0 aromatic heterocycles. The highest BCUT2D eigenvalue weighted by Crippen LogP contribution is 2.53. The molecule has 0 spiro atoms. The standard InChI is InChI=1S/C9H16N2O/c10-8-1-2-9(5-8,6-8)11-7-3-12-4-7/h7,11H,1-6,10H2. The third-order valence-corrected chi connectivity index (χ3v) is 3.63. The molecule has 2 bridgehead atoms. The second-order valence-corrected chi connectivity index (χ2v) is 4.87. The average molecular weight is 168 g/mol. The summed E-state index contributed by atoms with van der Waals surface area (Å²) in [5, 5.41) is 3.68. The third kappa shape index (κ3) is 0.873. The zero-order valence-corrected chi connectivity index (χ0v) is 7.31. The van der Waals surface area contributed by atoms with Crippen LogP contribution >= 0.6 is 0 Å². The van der Waals surface area contributed by atoms with Crippen LogP contribution < -0.4 is 11.1 Å². The van der Waals surface area contributed by atoms with Crippen molar-refractivity contribution in [3.8, 4) is 0 Å². The van der Waals surface area contributed by atoms with Crippen LogP contribution in [-0.2, 0) is 4.74 Å². The Morgan fingerprint density at radius 1 is 1.25 bits per heavy atom. The summed E-state index contributed by atoms with van der Waals surface area (Å²) in [6.07, 6.45) is 4.88. The number of nitrogens with two attached hydrogens (primary N) is 1. The van der Waals surface area contributed by atoms with Gasteiger partial charge in [0.05, 0.1) is 19.3 Å². The highest BCUT2D eigenvalue weighted by Gasteiger charge is 2.59. The Morgan fingerprint density at radius 2 is 2.00 bits per heavy atom. The summed E-state index contributed by atoms with van der Waals surface area (Å²) >= 11 is 0. The quantitative estimate of drug-likeness (QED) is 0.610. The Labute approximate surface area is 72.6 Å². The molecule has 0 amide bonds. The maximum Gasteiger partial charge on any atom is 0.0643 e. The highest BCUT2D eigenvalue weighted by atomic mass is 16.5. The first kappa shape index (κ1) is 7.30. The smallest absolute Gasteiger partial charge is 0.0643 e. The molecule has 3 nitrogen and oxygen atoms in total. The van der Waals surface area contributed by atoms with E-state index in [1.54, 1.807) is 0 Å². The molecule has 1 heterocycles. The fourth-order valence-corrected chi connectivity index (χ4v) is 3.06. The van der Waals surface area contributed by atoms with Crippen LogP contribution in [0.2, 0.25) is 0 Å². The van der Waals surface area contributed by atoms with E-state index >= 15 is 0 Å². The minimum Gasteiger partial charge on any atom is -0.378 e. The maximum atomic E-state index is 6.09. The van der Waals surface area contributed by atoms with Crippen LogP contribution in [0.3, 0.4) is 0 Å². The van der Waals surface area contributed by atoms with Crippen molar-refractivity contribution in [2.24, 2.45) is 5.73 Å². The Morgan fingerprint density at radius 3 is 2.42 bits per heavy atom. The van der Waals surface area contributed by atoms with Gasteiger partial charge in [-0.05, 0) is 25.7 Å². The van der Waals surface area contributed by atoms with Crippen molar-refractivity contribution in [2.75, 3.05) is 13.2 Å². The molecular formula is C9H16N2O. The van der Waals surface area contributed by atoms with Gasteiger partial charge in [-0.15, -0.1) is 0 Å². The summed E-state index contributed by atoms with van der Waals surface area (Å²) in [5.74, 6) is 0. The Kier molecular flexibility index (Phi) is 1.23. The van der Waals surface area contributed by atoms with Crippen molar-refractivity contribution in [3.63, 3.8) is 0 Å². The maximum absolute atomic E-state index is 6.09. The molecule has 0 unspecified atom stereocenters. The summed E-state index contributed by atoms with van der Waals surface area (Å²) < 4.78 is 5.14. The van der Waals surface area contributed by atoms with Gasteiger partial charge < -0.3 is 15.8 Å². The van der Waals surface area contributed by atoms with Gasteiger partial charge in [-0.3, -0.25) is 0 Å². The van der Waals surface area contributed by atoms with E-state index in [0.717, 1.165) is 13.2 Å². The van der Waals surface area contributed by atoms with Crippen LogP contribution in [0.25, 0.3) is 0 Å². The van der Waals surface area contributed by atoms with Crippen molar-refractivity contribution in [3.05, 3.63) is 0 Å². The first-order chi connectivity index (χ1) is 5.70. The average Bonchev–Trinajstić information content (AvgIpc) is 2.33. The topological polar surface area (TPSA) is 47.3 Å². The molecule has 4 rings (SSSR count). The minimum absolute atomic E-state index is 0.206. The molecule has 68 valence electrons. The van der Waals surface area contributed by atoms with E-state index in [0.29, 0.717) is 11.6 Å². The summed E-state index contributed by atoms with van der Waals surface area (Å²) in [6, 6.07) is 0.618. The Bertz CT molecular complexity index is 207. The van der Waals surface area contributed by atoms with Crippen LogP contribution in [0.4, 0.5) is 0 Å². The van der Waals surface area contributed by atoms with E-state index in [4.69, 9.17) is 10.5 Å². The Hall–Kier alpha value is -0.120. The molecule has 1 aliphatic heterocycles. The van der Waals surface area contributed by atoms with E-state index < -0.39 is 0 Å². The lowest BCUT2D eigenvalue weighted by Gasteiger charge is -2.48. The molecule has 1 saturated heterocycles. The van der Waals surface area contributed by atoms with E-state index in [1.165, 1.54) is 25.7 Å². The molecule has 0 aromatic rings. The molecule has 3 saturated carbocycles. The van der Waals surface area contributed by atoms with Gasteiger partial charge >= 0.3 is 0 Å². The van der Waals surface area contributed by atoms with Gasteiger partial charge in [0.15, 0.2) is 0 Å². The number of rotatable bonds is 2. The SMILES string of the molecule is NC12CCC(NC3COC3)(C1)C2. The van der Waals surface area contributed by atoms with Crippen LogP contribution in [0.5, 0.6) is 0 Å². The van der Waals surface area contributed by atoms with E-state index in [2.05, 4.69) is 5.32 Å². The summed E-state index contributed by atoms with van der Waals surface area (Å²) in [6.45, 7) is 1.80. The van der Waals surface area contributed by atoms with Crippen LogP contribution in [0, 0.1) is 0 Å². The van der Waals surface area contributed by atoms with Gasteiger partial charge in [0, 0.05) is 11.1 Å². The van der Waals surface area contributed by atoms with Crippen molar-refractivity contribution < 1.29 is 4.74 Å². The lowest BCUT2D eigenvalue weighted by molar-refractivity contribution is -0.0297. The lowest BCUT2D eigenvalue weighted by atomic mass is 9.71. The van der Waals surface area contributed by atoms with Crippen LogP contribution in [0.1, 0.15) is 25.7 Å². The second kappa shape index (κ2) is 2.03. The number of fused-ring (bicyclic) bond motifs is 1. The van der Waals surface area contributed by atoms with E-state index in [1.807, 2.05) is 0 Å². The molecule has 0 atom stereocenters. The molecule has 4 fully saturated rings. The predicted octanol–water partition coefficient (Wildman–Crippen LogP) is -0.00130. The van der Waals surface area contributed by atoms with Gasteiger partial charge in [0.1, 0.15) is 0 Å². The van der Waals surface area contributed by atoms with Gasteiger partial charge in [0.25, 0.3) is 0 Å². The van der Waals surface area contributed by atoms with Crippen LogP contribution in [0.15, 0.2) is 0 Å². The summed E-state index contributed by atoms with van der Waals surface area (Å²) in [4.78, 5) is 0. The molecule has 4 aliphatic rings. The molecule has 3 aliphatic carbocycles. The fourth-order valence-electron chi connectivity index (χ4n) is 3.06. The van der Waals surface area contributed by atoms with E-state index in [-0.39, 0.29) is 5.54 Å². The third-order valence-electron chi connectivity index (χ3n) is 3.63. The zero-order chi connectivity index (χ0) is 8.23. The van der Waals surface area contributed by atoms with Crippen molar-refractivity contribution in [1.82, 2.24) is 5.32 Å². The normalized spacial score (nSPS) is 51.8. The van der Waals surface area contributed by atoms with Gasteiger partial charge in [-0.1, -0.05) is 0 Å². The molecule has 3 heteroatoms. The van der Waals surface area contributed by atoms with Gasteiger partial charge in [-0.2, -0.15) is 0 Å². The molecule has 0 aromatic carbocycles.